The van der Waals surface area contributed by atoms with Crippen molar-refractivity contribution >= 4 is 11.7 Å². The first kappa shape index (κ1) is 21.5. The Morgan fingerprint density at radius 3 is 2.57 bits per heavy atom. The predicted octanol–water partition coefficient (Wildman–Crippen LogP) is 4.43. The zero-order chi connectivity index (χ0) is 21.6. The van der Waals surface area contributed by atoms with Crippen molar-refractivity contribution < 1.29 is 19.4 Å². The first-order valence-corrected chi connectivity index (χ1v) is 11.7. The van der Waals surface area contributed by atoms with E-state index in [1.54, 1.807) is 0 Å². The molecule has 0 spiro atoms. The number of esters is 1. The van der Waals surface area contributed by atoms with E-state index in [0.29, 0.717) is 12.3 Å². The van der Waals surface area contributed by atoms with Crippen LogP contribution in [0.2, 0.25) is 0 Å². The Hall–Kier alpha value is -1.75. The number of carbonyl (C=O) groups is 1. The van der Waals surface area contributed by atoms with Gasteiger partial charge in [-0.25, -0.2) is 0 Å². The zero-order valence-corrected chi connectivity index (χ0v) is 19.2. The van der Waals surface area contributed by atoms with E-state index in [0.717, 1.165) is 38.1 Å². The van der Waals surface area contributed by atoms with Crippen LogP contribution in [-0.2, 0) is 22.4 Å². The molecule has 1 aromatic rings. The van der Waals surface area contributed by atoms with Crippen LogP contribution in [0.4, 0.5) is 5.69 Å². The Bertz CT molecular complexity index is 823. The van der Waals surface area contributed by atoms with Crippen molar-refractivity contribution in [3.05, 3.63) is 22.3 Å². The molecule has 2 atom stereocenters. The third kappa shape index (κ3) is 4.05. The molecular weight excluding hydrogens is 378 g/mol. The summed E-state index contributed by atoms with van der Waals surface area (Å²) in [4.78, 5) is 14.4. The summed E-state index contributed by atoms with van der Waals surface area (Å²) in [6.07, 6.45) is 4.80. The number of aliphatic hydroxyl groups excluding tert-OH is 1. The number of carbonyl (C=O) groups excluding carboxylic acids is 1. The first-order valence-electron chi connectivity index (χ1n) is 11.7. The fraction of sp³-hybridized carbons (Fsp3) is 0.720. The minimum Gasteiger partial charge on any atom is -0.487 e. The first-order chi connectivity index (χ1) is 14.2. The van der Waals surface area contributed by atoms with Crippen LogP contribution in [0.5, 0.6) is 5.75 Å². The quantitative estimate of drug-likeness (QED) is 0.721. The van der Waals surface area contributed by atoms with Crippen molar-refractivity contribution in [1.29, 1.82) is 0 Å². The molecule has 0 amide bonds. The van der Waals surface area contributed by atoms with Crippen molar-refractivity contribution in [3.8, 4) is 5.75 Å². The second-order valence-electron chi connectivity index (χ2n) is 10.3. The molecule has 1 aromatic carbocycles. The second-order valence-corrected chi connectivity index (χ2v) is 10.3. The number of nitrogens with zero attached hydrogens (tertiary/aromatic N) is 1. The van der Waals surface area contributed by atoms with Crippen LogP contribution in [0, 0.1) is 6.92 Å². The van der Waals surface area contributed by atoms with Gasteiger partial charge in [-0.05, 0) is 63.5 Å². The summed E-state index contributed by atoms with van der Waals surface area (Å²) in [5.74, 6) is 1.16. The smallest absolute Gasteiger partial charge is 0.308 e. The largest absolute Gasteiger partial charge is 0.487 e. The number of hydrogen-bond donors (Lipinski definition) is 1. The van der Waals surface area contributed by atoms with Crippen molar-refractivity contribution in [3.63, 3.8) is 0 Å². The van der Waals surface area contributed by atoms with Gasteiger partial charge in [-0.3, -0.25) is 4.79 Å². The Morgan fingerprint density at radius 1 is 1.23 bits per heavy atom. The van der Waals surface area contributed by atoms with E-state index in [-0.39, 0.29) is 24.1 Å². The summed E-state index contributed by atoms with van der Waals surface area (Å²) in [6, 6.07) is 0. The van der Waals surface area contributed by atoms with Gasteiger partial charge in [-0.1, -0.05) is 13.8 Å². The molecule has 2 fully saturated rings. The summed E-state index contributed by atoms with van der Waals surface area (Å²) in [5.41, 5.74) is 6.63. The molecule has 4 rings (SSSR count). The molecule has 0 bridgehead atoms. The molecule has 1 N–H and O–H groups in total. The molecule has 0 saturated carbocycles. The van der Waals surface area contributed by atoms with Crippen LogP contribution < -0.4 is 9.64 Å². The number of anilines is 1. The fourth-order valence-corrected chi connectivity index (χ4v) is 5.60. The van der Waals surface area contributed by atoms with E-state index in [9.17, 15) is 9.90 Å². The average Bonchev–Trinajstić information content (AvgIpc) is 3.27. The average molecular weight is 416 g/mol. The van der Waals surface area contributed by atoms with E-state index in [1.807, 2.05) is 0 Å². The van der Waals surface area contributed by atoms with Crippen molar-refractivity contribution in [2.24, 2.45) is 0 Å². The lowest BCUT2D eigenvalue weighted by molar-refractivity contribution is -0.160. The van der Waals surface area contributed by atoms with Gasteiger partial charge in [0.1, 0.15) is 17.5 Å². The molecule has 5 heteroatoms. The third-order valence-electron chi connectivity index (χ3n) is 6.87. The van der Waals surface area contributed by atoms with Gasteiger partial charge in [0.15, 0.2) is 0 Å². The number of hydrogen-bond acceptors (Lipinski definition) is 5. The molecule has 3 aliphatic heterocycles. The Morgan fingerprint density at radius 2 is 1.93 bits per heavy atom. The number of rotatable bonds is 5. The van der Waals surface area contributed by atoms with Crippen molar-refractivity contribution in [1.82, 2.24) is 0 Å². The second kappa shape index (κ2) is 8.07. The van der Waals surface area contributed by atoms with Gasteiger partial charge < -0.3 is 19.5 Å². The number of benzene rings is 1. The maximum absolute atomic E-state index is 11.8. The number of fused-ring (bicyclic) bond motifs is 1. The molecule has 3 heterocycles. The van der Waals surface area contributed by atoms with Gasteiger partial charge in [-0.15, -0.1) is 0 Å². The van der Waals surface area contributed by atoms with E-state index in [2.05, 4.69) is 39.5 Å². The van der Waals surface area contributed by atoms with Gasteiger partial charge in [0.05, 0.1) is 12.5 Å². The van der Waals surface area contributed by atoms with Gasteiger partial charge in [0, 0.05) is 42.7 Å². The van der Waals surface area contributed by atoms with Gasteiger partial charge >= 0.3 is 5.97 Å². The standard InChI is InChI=1S/C25H37NO4/c1-15(2)22-19(9-8-18-12-17(27)13-21(28)29-18)24-20(14-25(4,5)30-24)16(3)23(22)26-10-6-7-11-26/h15,17-18,27H,6-14H2,1-5H3/t17-,18-/m1/s1. The molecule has 0 unspecified atom stereocenters. The van der Waals surface area contributed by atoms with E-state index in [1.165, 1.54) is 40.8 Å². The SMILES string of the molecule is Cc1c2c(c(CC[C@@H]3C[C@@H](O)CC(=O)O3)c(C(C)C)c1N1CCCC1)OC(C)(C)C2. The predicted molar refractivity (Wildman–Crippen MR) is 119 cm³/mol. The minimum absolute atomic E-state index is 0.115. The monoisotopic (exact) mass is 415 g/mol. The normalized spacial score (nSPS) is 25.4. The van der Waals surface area contributed by atoms with Crippen LogP contribution in [0.1, 0.15) is 88.0 Å². The highest BCUT2D eigenvalue weighted by atomic mass is 16.5. The Kier molecular flexibility index (Phi) is 5.78. The highest BCUT2D eigenvalue weighted by Crippen LogP contribution is 2.49. The molecule has 166 valence electrons. The topological polar surface area (TPSA) is 59.0 Å². The van der Waals surface area contributed by atoms with Crippen LogP contribution in [-0.4, -0.2) is 42.0 Å². The fourth-order valence-electron chi connectivity index (χ4n) is 5.60. The van der Waals surface area contributed by atoms with Crippen LogP contribution in [0.15, 0.2) is 0 Å². The maximum atomic E-state index is 11.8. The van der Waals surface area contributed by atoms with E-state index >= 15 is 0 Å². The lowest BCUT2D eigenvalue weighted by Gasteiger charge is -2.31. The molecular formula is C25H37NO4. The van der Waals surface area contributed by atoms with Crippen LogP contribution in [0.3, 0.4) is 0 Å². The Labute approximate surface area is 180 Å². The van der Waals surface area contributed by atoms with E-state index < -0.39 is 6.10 Å². The number of aliphatic hydroxyl groups is 1. The maximum Gasteiger partial charge on any atom is 0.308 e. The highest BCUT2D eigenvalue weighted by Gasteiger charge is 2.38. The molecule has 30 heavy (non-hydrogen) atoms. The van der Waals surface area contributed by atoms with Gasteiger partial charge in [0.2, 0.25) is 0 Å². The van der Waals surface area contributed by atoms with Crippen molar-refractivity contribution in [2.45, 2.75) is 103 Å². The van der Waals surface area contributed by atoms with Gasteiger partial charge in [-0.2, -0.15) is 0 Å². The van der Waals surface area contributed by atoms with Gasteiger partial charge in [0.25, 0.3) is 0 Å². The number of cyclic esters (lactones) is 1. The lowest BCUT2D eigenvalue weighted by Crippen LogP contribution is -2.33. The summed E-state index contributed by atoms with van der Waals surface area (Å²) in [5, 5.41) is 10.0. The molecule has 0 aliphatic carbocycles. The summed E-state index contributed by atoms with van der Waals surface area (Å²) in [6.45, 7) is 13.4. The minimum atomic E-state index is -0.583. The lowest BCUT2D eigenvalue weighted by atomic mass is 9.84. The summed E-state index contributed by atoms with van der Waals surface area (Å²) >= 11 is 0. The number of ether oxygens (including phenoxy) is 2. The van der Waals surface area contributed by atoms with Crippen LogP contribution >= 0.6 is 0 Å². The third-order valence-corrected chi connectivity index (χ3v) is 6.87. The summed E-state index contributed by atoms with van der Waals surface area (Å²) < 4.78 is 12.1. The summed E-state index contributed by atoms with van der Waals surface area (Å²) in [7, 11) is 0. The Balaban J connectivity index is 1.75. The highest BCUT2D eigenvalue weighted by molar-refractivity contribution is 5.72. The van der Waals surface area contributed by atoms with Crippen LogP contribution in [0.25, 0.3) is 0 Å². The zero-order valence-electron chi connectivity index (χ0n) is 19.2. The molecule has 3 aliphatic rings. The van der Waals surface area contributed by atoms with E-state index in [4.69, 9.17) is 9.47 Å². The molecule has 5 nitrogen and oxygen atoms in total. The van der Waals surface area contributed by atoms with Crippen molar-refractivity contribution in [2.75, 3.05) is 18.0 Å². The molecule has 0 radical (unpaired) electrons. The molecule has 2 saturated heterocycles. The molecule has 0 aromatic heterocycles.